The van der Waals surface area contributed by atoms with E-state index in [1.807, 2.05) is 34.6 Å². The number of amides is 1. The number of nitrogens with zero attached hydrogens (tertiary/aromatic N) is 2. The lowest BCUT2D eigenvalue weighted by molar-refractivity contribution is -0.0362. The first-order valence-electron chi connectivity index (χ1n) is 12.9. The molecule has 11 heteroatoms. The molecule has 10 nitrogen and oxygen atoms in total. The highest BCUT2D eigenvalue weighted by atomic mass is 32.2. The van der Waals surface area contributed by atoms with Crippen LogP contribution >= 0.6 is 0 Å². The maximum absolute atomic E-state index is 12.9. The number of aliphatic imine (C=N–C) groups is 1. The van der Waals surface area contributed by atoms with Gasteiger partial charge >= 0.3 is 0 Å². The van der Waals surface area contributed by atoms with Crippen LogP contribution in [-0.4, -0.2) is 73.8 Å². The molecule has 4 N–H and O–H groups in total. The van der Waals surface area contributed by atoms with Crippen LogP contribution in [0, 0.1) is 6.92 Å². The molecule has 2 aromatic carbocycles. The zero-order chi connectivity index (χ0) is 30.0. The lowest BCUT2D eigenvalue weighted by atomic mass is 10.00. The van der Waals surface area contributed by atoms with E-state index in [0.29, 0.717) is 23.3 Å². The highest BCUT2D eigenvalue weighted by molar-refractivity contribution is 7.91. The van der Waals surface area contributed by atoms with E-state index in [2.05, 4.69) is 15.4 Å². The number of benzene rings is 2. The largest absolute Gasteiger partial charge is 0.394 e. The number of carbonyl (C=O) groups excluding carboxylic acids is 2. The van der Waals surface area contributed by atoms with E-state index in [9.17, 15) is 18.0 Å². The number of aliphatic hydroxyl groups is 1. The summed E-state index contributed by atoms with van der Waals surface area (Å²) in [6, 6.07) is 12.6. The second-order valence-electron chi connectivity index (χ2n) is 10.8. The zero-order valence-electron chi connectivity index (χ0n) is 23.8. The third kappa shape index (κ3) is 10.6. The number of hydrogen-bond donors (Lipinski definition) is 3. The van der Waals surface area contributed by atoms with Gasteiger partial charge in [0.15, 0.2) is 15.6 Å². The molecule has 2 rings (SSSR count). The maximum atomic E-state index is 12.9. The molecule has 0 spiro atoms. The van der Waals surface area contributed by atoms with Crippen molar-refractivity contribution in [2.24, 2.45) is 15.9 Å². The van der Waals surface area contributed by atoms with Crippen LogP contribution in [0.3, 0.4) is 0 Å². The lowest BCUT2D eigenvalue weighted by Gasteiger charge is -2.32. The predicted octanol–water partition coefficient (Wildman–Crippen LogP) is 3.11. The molecule has 0 saturated carbocycles. The summed E-state index contributed by atoms with van der Waals surface area (Å²) in [6.07, 6.45) is 1.72. The van der Waals surface area contributed by atoms with Gasteiger partial charge in [0.1, 0.15) is 0 Å². The van der Waals surface area contributed by atoms with Crippen LogP contribution in [0.2, 0.25) is 0 Å². The fourth-order valence-corrected chi connectivity index (χ4v) is 4.91. The maximum Gasteiger partial charge on any atom is 0.251 e. The van der Waals surface area contributed by atoms with Gasteiger partial charge in [-0.15, -0.1) is 0 Å². The van der Waals surface area contributed by atoms with E-state index < -0.39 is 21.0 Å². The zero-order valence-corrected chi connectivity index (χ0v) is 24.6. The average Bonchev–Trinajstić information content (AvgIpc) is 2.90. The van der Waals surface area contributed by atoms with Gasteiger partial charge in [-0.1, -0.05) is 29.8 Å². The Bertz CT molecular complexity index is 1320. The Balaban J connectivity index is 1.92. The number of nitrogens with one attached hydrogen (secondary N) is 1. The van der Waals surface area contributed by atoms with Crippen LogP contribution in [0.5, 0.6) is 0 Å². The van der Waals surface area contributed by atoms with Crippen molar-refractivity contribution in [2.75, 3.05) is 25.5 Å². The summed E-state index contributed by atoms with van der Waals surface area (Å²) in [4.78, 5) is 29.7. The minimum atomic E-state index is -3.58. The summed E-state index contributed by atoms with van der Waals surface area (Å²) < 4.78 is 31.2. The Morgan fingerprint density at radius 3 is 2.20 bits per heavy atom. The number of ketones is 1. The van der Waals surface area contributed by atoms with Gasteiger partial charge in [0.2, 0.25) is 0 Å². The van der Waals surface area contributed by atoms with Crippen LogP contribution in [-0.2, 0) is 14.6 Å². The predicted molar refractivity (Wildman–Crippen MR) is 157 cm³/mol. The van der Waals surface area contributed by atoms with Gasteiger partial charge in [0.05, 0.1) is 47.3 Å². The standard InChI is InChI=1S/C29H40N4O6S/c1-21-6-12-25(13-7-21)40(37,38)17-14-26(35)22-8-10-23(11-9-22)27(36)32-28(2,3)20-39-29(4,5)18-24(33-30)19-31-15-16-34/h6-13,19,34H,14-18,20,30H2,1-5H3,(H,32,36). The topological polar surface area (TPSA) is 161 Å². The SMILES string of the molecule is Cc1ccc(S(=O)(=O)CCC(=O)c2ccc(C(=O)NC(C)(C)COC(C)(C)CC(C=NCCO)=NN)cc2)cc1. The van der Waals surface area contributed by atoms with Crippen molar-refractivity contribution < 1.29 is 27.9 Å². The number of hydrazone groups is 1. The van der Waals surface area contributed by atoms with E-state index in [1.165, 1.54) is 42.6 Å². The Hall–Kier alpha value is -3.41. The fourth-order valence-electron chi connectivity index (χ4n) is 3.67. The first-order valence-corrected chi connectivity index (χ1v) is 14.6. The number of sulfone groups is 1. The minimum absolute atomic E-state index is 0.0694. The number of ether oxygens (including phenoxy) is 1. The summed E-state index contributed by atoms with van der Waals surface area (Å²) in [7, 11) is -3.58. The molecule has 218 valence electrons. The van der Waals surface area contributed by atoms with Crippen LogP contribution in [0.1, 0.15) is 66.8 Å². The number of aliphatic hydroxyl groups excluding tert-OH is 1. The van der Waals surface area contributed by atoms with Gasteiger partial charge in [-0.3, -0.25) is 14.6 Å². The Labute approximate surface area is 236 Å². The minimum Gasteiger partial charge on any atom is -0.394 e. The van der Waals surface area contributed by atoms with Gasteiger partial charge in [-0.25, -0.2) is 8.42 Å². The van der Waals surface area contributed by atoms with Crippen molar-refractivity contribution in [3.05, 3.63) is 65.2 Å². The molecular formula is C29H40N4O6S. The van der Waals surface area contributed by atoms with Crippen molar-refractivity contribution >= 4 is 33.5 Å². The van der Waals surface area contributed by atoms with Crippen LogP contribution in [0.4, 0.5) is 0 Å². The number of rotatable bonds is 15. The number of aryl methyl sites for hydroxylation is 1. The molecule has 0 radical (unpaired) electrons. The molecule has 0 heterocycles. The molecular weight excluding hydrogens is 532 g/mol. The molecule has 0 aromatic heterocycles. The summed E-state index contributed by atoms with van der Waals surface area (Å²) in [5.41, 5.74) is 0.779. The molecule has 2 aromatic rings. The highest BCUT2D eigenvalue weighted by Crippen LogP contribution is 2.19. The fraction of sp³-hybridized carbons (Fsp3) is 0.448. The van der Waals surface area contributed by atoms with E-state index >= 15 is 0 Å². The molecule has 0 atom stereocenters. The quantitative estimate of drug-likeness (QED) is 0.128. The van der Waals surface area contributed by atoms with Crippen LogP contribution < -0.4 is 11.2 Å². The smallest absolute Gasteiger partial charge is 0.251 e. The third-order valence-corrected chi connectivity index (χ3v) is 7.70. The first kappa shape index (κ1) is 32.8. The van der Waals surface area contributed by atoms with E-state index in [-0.39, 0.29) is 48.5 Å². The van der Waals surface area contributed by atoms with Crippen molar-refractivity contribution in [1.82, 2.24) is 5.32 Å². The Morgan fingerprint density at radius 2 is 1.62 bits per heavy atom. The molecule has 40 heavy (non-hydrogen) atoms. The van der Waals surface area contributed by atoms with Crippen molar-refractivity contribution in [2.45, 2.75) is 63.5 Å². The highest BCUT2D eigenvalue weighted by Gasteiger charge is 2.28. The molecule has 0 aliphatic heterocycles. The lowest BCUT2D eigenvalue weighted by Crippen LogP contribution is -2.49. The summed E-state index contributed by atoms with van der Waals surface area (Å²) >= 11 is 0. The monoisotopic (exact) mass is 572 g/mol. The van der Waals surface area contributed by atoms with Crippen molar-refractivity contribution in [1.29, 1.82) is 0 Å². The number of nitrogens with two attached hydrogens (primary N) is 1. The first-order chi connectivity index (χ1) is 18.7. The van der Waals surface area contributed by atoms with Crippen molar-refractivity contribution in [3.63, 3.8) is 0 Å². The Morgan fingerprint density at radius 1 is 1.02 bits per heavy atom. The normalized spacial score (nSPS) is 13.0. The number of Topliss-reactive ketones (excluding diaryl/α,β-unsaturated/α-hetero) is 1. The second-order valence-corrected chi connectivity index (χ2v) is 12.9. The van der Waals surface area contributed by atoms with Crippen LogP contribution in [0.15, 0.2) is 63.5 Å². The number of carbonyl (C=O) groups is 2. The summed E-state index contributed by atoms with van der Waals surface area (Å²) in [5.74, 6) is 4.49. The summed E-state index contributed by atoms with van der Waals surface area (Å²) in [5, 5.41) is 15.5. The summed E-state index contributed by atoms with van der Waals surface area (Å²) in [6.45, 7) is 9.65. The van der Waals surface area contributed by atoms with E-state index in [0.717, 1.165) is 5.56 Å². The molecule has 0 fully saturated rings. The molecule has 0 aliphatic carbocycles. The molecule has 1 amide bonds. The second kappa shape index (κ2) is 14.3. The van der Waals surface area contributed by atoms with Crippen molar-refractivity contribution in [3.8, 4) is 0 Å². The van der Waals surface area contributed by atoms with Gasteiger partial charge < -0.3 is 21.0 Å². The van der Waals surface area contributed by atoms with E-state index in [4.69, 9.17) is 15.7 Å². The van der Waals surface area contributed by atoms with E-state index in [1.54, 1.807) is 12.1 Å². The average molecular weight is 573 g/mol. The Kier molecular flexibility index (Phi) is 11.7. The van der Waals surface area contributed by atoms with Gasteiger partial charge in [-0.2, -0.15) is 5.10 Å². The molecule has 0 unspecified atom stereocenters. The van der Waals surface area contributed by atoms with Gasteiger partial charge in [0.25, 0.3) is 5.91 Å². The third-order valence-electron chi connectivity index (χ3n) is 5.96. The molecule has 0 bridgehead atoms. The molecule has 0 saturated heterocycles. The van der Waals surface area contributed by atoms with Gasteiger partial charge in [0, 0.05) is 30.2 Å². The van der Waals surface area contributed by atoms with Gasteiger partial charge in [-0.05, 0) is 58.9 Å². The molecule has 0 aliphatic rings. The van der Waals surface area contributed by atoms with Crippen LogP contribution in [0.25, 0.3) is 0 Å². The number of hydrogen-bond acceptors (Lipinski definition) is 9.